The second-order valence-corrected chi connectivity index (χ2v) is 4.37. The van der Waals surface area contributed by atoms with Crippen LogP contribution >= 0.6 is 0 Å². The summed E-state index contributed by atoms with van der Waals surface area (Å²) in [5.74, 6) is 1.10. The Morgan fingerprint density at radius 3 is 3.00 bits per heavy atom. The number of rotatable bonds is 3. The molecule has 1 fully saturated rings. The van der Waals surface area contributed by atoms with Gasteiger partial charge in [0.15, 0.2) is 5.89 Å². The molecule has 1 aliphatic rings. The van der Waals surface area contributed by atoms with Crippen LogP contribution in [0.4, 0.5) is 4.39 Å². The van der Waals surface area contributed by atoms with Crippen LogP contribution in [0.25, 0.3) is 11.3 Å². The number of hydrogen-bond donors (Lipinski definition) is 1. The monoisotopic (exact) mass is 232 g/mol. The summed E-state index contributed by atoms with van der Waals surface area (Å²) >= 11 is 0. The molecule has 1 aliphatic heterocycles. The van der Waals surface area contributed by atoms with Crippen molar-refractivity contribution in [1.29, 1.82) is 0 Å². The molecule has 1 aromatic heterocycles. The average Bonchev–Trinajstić information content (AvgIpc) is 2.72. The van der Waals surface area contributed by atoms with Gasteiger partial charge in [-0.05, 0) is 31.1 Å². The maximum Gasteiger partial charge on any atom is 0.194 e. The van der Waals surface area contributed by atoms with Crippen LogP contribution in [0.1, 0.15) is 5.89 Å². The standard InChI is InChI=1S/C13H13FN2O/c14-11-3-1-2-10(5-11)12-8-17-13(16-12)4-9-6-15-7-9/h1-3,5,8-9,15H,4,6-7H2. The summed E-state index contributed by atoms with van der Waals surface area (Å²) in [5.41, 5.74) is 1.46. The zero-order valence-electron chi connectivity index (χ0n) is 9.32. The van der Waals surface area contributed by atoms with Crippen molar-refractivity contribution in [2.24, 2.45) is 5.92 Å². The molecular formula is C13H13FN2O. The van der Waals surface area contributed by atoms with E-state index in [1.165, 1.54) is 12.1 Å². The minimum atomic E-state index is -0.254. The predicted octanol–water partition coefficient (Wildman–Crippen LogP) is 2.24. The fraction of sp³-hybridized carbons (Fsp3) is 0.308. The quantitative estimate of drug-likeness (QED) is 0.882. The number of oxazole rings is 1. The van der Waals surface area contributed by atoms with Crippen LogP contribution in [0.15, 0.2) is 34.9 Å². The highest BCUT2D eigenvalue weighted by molar-refractivity contribution is 5.57. The van der Waals surface area contributed by atoms with Crippen molar-refractivity contribution in [2.75, 3.05) is 13.1 Å². The largest absolute Gasteiger partial charge is 0.448 e. The fourth-order valence-corrected chi connectivity index (χ4v) is 1.92. The number of aromatic nitrogens is 1. The van der Waals surface area contributed by atoms with Gasteiger partial charge >= 0.3 is 0 Å². The van der Waals surface area contributed by atoms with Gasteiger partial charge in [-0.25, -0.2) is 9.37 Å². The van der Waals surface area contributed by atoms with Gasteiger partial charge in [0.05, 0.1) is 0 Å². The van der Waals surface area contributed by atoms with E-state index in [4.69, 9.17) is 4.42 Å². The van der Waals surface area contributed by atoms with Crippen molar-refractivity contribution < 1.29 is 8.81 Å². The molecule has 17 heavy (non-hydrogen) atoms. The van der Waals surface area contributed by atoms with Crippen molar-refractivity contribution in [3.8, 4) is 11.3 Å². The molecule has 0 radical (unpaired) electrons. The highest BCUT2D eigenvalue weighted by atomic mass is 19.1. The minimum Gasteiger partial charge on any atom is -0.448 e. The Morgan fingerprint density at radius 2 is 2.29 bits per heavy atom. The van der Waals surface area contributed by atoms with Gasteiger partial charge in [0, 0.05) is 12.0 Å². The van der Waals surface area contributed by atoms with Crippen molar-refractivity contribution in [3.05, 3.63) is 42.2 Å². The molecule has 4 heteroatoms. The highest BCUT2D eigenvalue weighted by Crippen LogP contribution is 2.21. The van der Waals surface area contributed by atoms with Gasteiger partial charge in [0.25, 0.3) is 0 Å². The predicted molar refractivity (Wildman–Crippen MR) is 62.0 cm³/mol. The maximum atomic E-state index is 13.1. The first-order valence-corrected chi connectivity index (χ1v) is 5.72. The molecule has 0 saturated carbocycles. The van der Waals surface area contributed by atoms with Crippen molar-refractivity contribution in [3.63, 3.8) is 0 Å². The van der Waals surface area contributed by atoms with Gasteiger partial charge < -0.3 is 9.73 Å². The number of nitrogens with zero attached hydrogens (tertiary/aromatic N) is 1. The van der Waals surface area contributed by atoms with E-state index < -0.39 is 0 Å². The molecule has 1 saturated heterocycles. The SMILES string of the molecule is Fc1cccc(-c2coc(CC3CNC3)n2)c1. The Kier molecular flexibility index (Phi) is 2.65. The molecule has 3 rings (SSSR count). The first-order valence-electron chi connectivity index (χ1n) is 5.72. The lowest BCUT2D eigenvalue weighted by Gasteiger charge is -2.25. The van der Waals surface area contributed by atoms with Crippen molar-refractivity contribution in [1.82, 2.24) is 10.3 Å². The van der Waals surface area contributed by atoms with Crippen LogP contribution in [0.3, 0.4) is 0 Å². The van der Waals surface area contributed by atoms with E-state index in [0.717, 1.165) is 31.0 Å². The number of benzene rings is 1. The van der Waals surface area contributed by atoms with E-state index in [-0.39, 0.29) is 5.82 Å². The normalized spacial score (nSPS) is 15.8. The second-order valence-electron chi connectivity index (χ2n) is 4.37. The van der Waals surface area contributed by atoms with E-state index in [0.29, 0.717) is 11.6 Å². The van der Waals surface area contributed by atoms with Crippen molar-refractivity contribution >= 4 is 0 Å². The Balaban J connectivity index is 1.79. The van der Waals surface area contributed by atoms with Crippen LogP contribution in [0, 0.1) is 11.7 Å². The summed E-state index contributed by atoms with van der Waals surface area (Å²) in [7, 11) is 0. The third-order valence-corrected chi connectivity index (χ3v) is 3.00. The van der Waals surface area contributed by atoms with Crippen LogP contribution in [0.5, 0.6) is 0 Å². The summed E-state index contributed by atoms with van der Waals surface area (Å²) in [6, 6.07) is 6.39. The van der Waals surface area contributed by atoms with E-state index in [1.54, 1.807) is 12.3 Å². The zero-order valence-corrected chi connectivity index (χ0v) is 9.32. The van der Waals surface area contributed by atoms with Crippen LogP contribution in [-0.4, -0.2) is 18.1 Å². The molecule has 0 atom stereocenters. The lowest BCUT2D eigenvalue weighted by molar-refractivity contribution is 0.318. The maximum absolute atomic E-state index is 13.1. The fourth-order valence-electron chi connectivity index (χ4n) is 1.92. The third kappa shape index (κ3) is 2.22. The van der Waals surface area contributed by atoms with E-state index in [2.05, 4.69) is 10.3 Å². The summed E-state index contributed by atoms with van der Waals surface area (Å²) in [5, 5.41) is 3.21. The molecule has 0 amide bonds. The van der Waals surface area contributed by atoms with Gasteiger partial charge in [-0.3, -0.25) is 0 Å². The number of nitrogens with one attached hydrogen (secondary N) is 1. The molecule has 0 aliphatic carbocycles. The summed E-state index contributed by atoms with van der Waals surface area (Å²) in [6.45, 7) is 2.05. The molecule has 0 spiro atoms. The van der Waals surface area contributed by atoms with E-state index >= 15 is 0 Å². The van der Waals surface area contributed by atoms with Crippen molar-refractivity contribution in [2.45, 2.75) is 6.42 Å². The second kappa shape index (κ2) is 4.30. The highest BCUT2D eigenvalue weighted by Gasteiger charge is 2.19. The van der Waals surface area contributed by atoms with Gasteiger partial charge in [-0.1, -0.05) is 12.1 Å². The molecule has 88 valence electrons. The molecule has 0 unspecified atom stereocenters. The first-order chi connectivity index (χ1) is 8.31. The van der Waals surface area contributed by atoms with Gasteiger partial charge in [-0.2, -0.15) is 0 Å². The van der Waals surface area contributed by atoms with E-state index in [1.807, 2.05) is 6.07 Å². The summed E-state index contributed by atoms with van der Waals surface area (Å²) < 4.78 is 18.5. The third-order valence-electron chi connectivity index (χ3n) is 3.00. The van der Waals surface area contributed by atoms with Gasteiger partial charge in [-0.15, -0.1) is 0 Å². The Morgan fingerprint density at radius 1 is 1.41 bits per heavy atom. The van der Waals surface area contributed by atoms with E-state index in [9.17, 15) is 4.39 Å². The Labute approximate surface area is 98.7 Å². The topological polar surface area (TPSA) is 38.1 Å². The first kappa shape index (κ1) is 10.5. The van der Waals surface area contributed by atoms with Gasteiger partial charge in [0.2, 0.25) is 0 Å². The van der Waals surface area contributed by atoms with Crippen LogP contribution in [0.2, 0.25) is 0 Å². The molecule has 1 N–H and O–H groups in total. The van der Waals surface area contributed by atoms with Gasteiger partial charge in [0.1, 0.15) is 17.8 Å². The Bertz CT molecular complexity index is 520. The molecule has 0 bridgehead atoms. The summed E-state index contributed by atoms with van der Waals surface area (Å²) in [4.78, 5) is 4.38. The zero-order chi connectivity index (χ0) is 11.7. The minimum absolute atomic E-state index is 0.254. The molecular weight excluding hydrogens is 219 g/mol. The molecule has 1 aromatic carbocycles. The Hall–Kier alpha value is -1.68. The lowest BCUT2D eigenvalue weighted by Crippen LogP contribution is -2.43. The lowest BCUT2D eigenvalue weighted by atomic mass is 10.00. The number of halogens is 1. The average molecular weight is 232 g/mol. The van der Waals surface area contributed by atoms with Crippen LogP contribution in [-0.2, 0) is 6.42 Å². The van der Waals surface area contributed by atoms with Crippen LogP contribution < -0.4 is 5.32 Å². The molecule has 3 nitrogen and oxygen atoms in total. The smallest absolute Gasteiger partial charge is 0.194 e. The summed E-state index contributed by atoms with van der Waals surface area (Å²) in [6.07, 6.45) is 2.44. The number of hydrogen-bond acceptors (Lipinski definition) is 3. The molecule has 2 heterocycles. The molecule has 2 aromatic rings.